The van der Waals surface area contributed by atoms with Crippen LogP contribution >= 0.6 is 0 Å². The molecule has 0 N–H and O–H groups in total. The van der Waals surface area contributed by atoms with E-state index in [-0.39, 0.29) is 11.5 Å². The summed E-state index contributed by atoms with van der Waals surface area (Å²) in [5, 5.41) is 0. The van der Waals surface area contributed by atoms with Gasteiger partial charge in [0, 0.05) is 22.3 Å². The monoisotopic (exact) mass is 444 g/mol. The summed E-state index contributed by atoms with van der Waals surface area (Å²) in [5.74, 6) is -1.38. The molecule has 1 aromatic heterocycles. The molecule has 33 heavy (non-hydrogen) atoms. The van der Waals surface area contributed by atoms with Crippen molar-refractivity contribution < 1.29 is 22.0 Å². The van der Waals surface area contributed by atoms with E-state index in [1.165, 1.54) is 60.7 Å². The molecule has 0 unspecified atom stereocenters. The van der Waals surface area contributed by atoms with Crippen LogP contribution in [-0.4, -0.2) is 0 Å². The smallest absolute Gasteiger partial charge is 0.143 e. The topological polar surface area (TPSA) is 13.1 Å². The normalized spacial score (nSPS) is 11.0. The third-order valence-electron chi connectivity index (χ3n) is 5.31. The van der Waals surface area contributed by atoms with Gasteiger partial charge in [-0.1, -0.05) is 48.5 Å². The summed E-state index contributed by atoms with van der Waals surface area (Å²) in [6, 6.07) is 23.3. The van der Waals surface area contributed by atoms with E-state index < -0.39 is 23.3 Å². The minimum atomic E-state index is -0.478. The van der Waals surface area contributed by atoms with Crippen LogP contribution in [0.4, 0.5) is 17.6 Å². The maximum absolute atomic E-state index is 14.2. The molecule has 1 heterocycles. The van der Waals surface area contributed by atoms with Gasteiger partial charge in [0.25, 0.3) is 0 Å². The minimum Gasteiger partial charge on any atom is -0.455 e. The van der Waals surface area contributed by atoms with E-state index in [0.717, 1.165) is 0 Å². The maximum Gasteiger partial charge on any atom is 0.143 e. The molecule has 0 aliphatic heterocycles. The molecule has 5 aromatic rings. The van der Waals surface area contributed by atoms with Crippen molar-refractivity contribution >= 4 is 0 Å². The molecular weight excluding hydrogens is 428 g/mol. The van der Waals surface area contributed by atoms with Gasteiger partial charge in [-0.3, -0.25) is 0 Å². The van der Waals surface area contributed by atoms with Gasteiger partial charge in [-0.05, 0) is 59.7 Å². The first-order valence-corrected chi connectivity index (χ1v) is 10.2. The molecule has 0 radical (unpaired) electrons. The second-order valence-electron chi connectivity index (χ2n) is 7.55. The quantitative estimate of drug-likeness (QED) is 0.253. The summed E-state index contributed by atoms with van der Waals surface area (Å²) in [6.07, 6.45) is 0. The molecule has 4 aromatic carbocycles. The molecule has 0 saturated carbocycles. The van der Waals surface area contributed by atoms with Crippen LogP contribution in [0.5, 0.6) is 0 Å². The van der Waals surface area contributed by atoms with Crippen LogP contribution in [0.15, 0.2) is 101 Å². The van der Waals surface area contributed by atoms with E-state index in [9.17, 15) is 17.6 Å². The SMILES string of the molecule is Fc1cccc(-c2oc(-c3cccc(F)c3)c(-c3cccc(F)c3)c2-c2cccc(F)c2)c1. The largest absolute Gasteiger partial charge is 0.455 e. The molecule has 0 aliphatic rings. The second kappa shape index (κ2) is 8.43. The van der Waals surface area contributed by atoms with Gasteiger partial charge in [-0.25, -0.2) is 17.6 Å². The molecule has 1 nitrogen and oxygen atoms in total. The maximum atomic E-state index is 14.2. The van der Waals surface area contributed by atoms with Gasteiger partial charge in [-0.2, -0.15) is 0 Å². The van der Waals surface area contributed by atoms with Crippen molar-refractivity contribution in [3.05, 3.63) is 120 Å². The fraction of sp³-hybridized carbons (Fsp3) is 0. The number of halogens is 4. The Labute approximate surface area is 187 Å². The van der Waals surface area contributed by atoms with E-state index in [2.05, 4.69) is 0 Å². The number of rotatable bonds is 4. The highest BCUT2D eigenvalue weighted by atomic mass is 19.1. The number of benzene rings is 4. The predicted molar refractivity (Wildman–Crippen MR) is 120 cm³/mol. The van der Waals surface area contributed by atoms with Gasteiger partial charge in [0.15, 0.2) is 0 Å². The van der Waals surface area contributed by atoms with E-state index in [4.69, 9.17) is 4.42 Å². The Hall–Kier alpha value is -4.12. The summed E-state index contributed by atoms with van der Waals surface area (Å²) in [5.41, 5.74) is 2.64. The highest BCUT2D eigenvalue weighted by molar-refractivity contribution is 5.99. The van der Waals surface area contributed by atoms with Crippen LogP contribution in [0.2, 0.25) is 0 Å². The fourth-order valence-electron chi connectivity index (χ4n) is 3.94. The number of furan rings is 1. The van der Waals surface area contributed by atoms with E-state index in [1.54, 1.807) is 36.4 Å². The van der Waals surface area contributed by atoms with Crippen molar-refractivity contribution in [1.29, 1.82) is 0 Å². The van der Waals surface area contributed by atoms with Crippen LogP contribution in [0.1, 0.15) is 0 Å². The lowest BCUT2D eigenvalue weighted by atomic mass is 9.91. The van der Waals surface area contributed by atoms with Gasteiger partial charge in [0.05, 0.1) is 0 Å². The Bertz CT molecular complexity index is 1360. The zero-order chi connectivity index (χ0) is 22.9. The zero-order valence-corrected chi connectivity index (χ0v) is 17.2. The van der Waals surface area contributed by atoms with Crippen molar-refractivity contribution in [2.45, 2.75) is 0 Å². The Morgan fingerprint density at radius 3 is 1.03 bits per heavy atom. The van der Waals surface area contributed by atoms with E-state index in [1.807, 2.05) is 0 Å². The summed E-state index contributed by atoms with van der Waals surface area (Å²) in [4.78, 5) is 0. The molecule has 0 bridgehead atoms. The third kappa shape index (κ3) is 4.05. The molecular formula is C28H16F4O. The molecule has 0 saturated heterocycles. The van der Waals surface area contributed by atoms with Crippen LogP contribution in [-0.2, 0) is 0 Å². The van der Waals surface area contributed by atoms with Crippen LogP contribution in [0.3, 0.4) is 0 Å². The van der Waals surface area contributed by atoms with Crippen LogP contribution in [0.25, 0.3) is 44.9 Å². The van der Waals surface area contributed by atoms with Crippen molar-refractivity contribution in [3.63, 3.8) is 0 Å². The summed E-state index contributed by atoms with van der Waals surface area (Å²) < 4.78 is 62.9. The van der Waals surface area contributed by atoms with Gasteiger partial charge in [0.1, 0.15) is 34.8 Å². The minimum absolute atomic E-state index is 0.263. The molecule has 0 amide bonds. The van der Waals surface area contributed by atoms with Gasteiger partial charge in [-0.15, -0.1) is 0 Å². The van der Waals surface area contributed by atoms with Gasteiger partial charge < -0.3 is 4.42 Å². The zero-order valence-electron chi connectivity index (χ0n) is 17.2. The molecule has 0 fully saturated rings. The first kappa shape index (κ1) is 20.8. The van der Waals surface area contributed by atoms with Crippen molar-refractivity contribution in [2.75, 3.05) is 0 Å². The molecule has 5 rings (SSSR count). The van der Waals surface area contributed by atoms with Crippen LogP contribution in [0, 0.1) is 23.3 Å². The van der Waals surface area contributed by atoms with E-state index in [0.29, 0.717) is 33.4 Å². The summed E-state index contributed by atoms with van der Waals surface area (Å²) in [6.45, 7) is 0. The van der Waals surface area contributed by atoms with E-state index >= 15 is 0 Å². The van der Waals surface area contributed by atoms with Crippen LogP contribution < -0.4 is 0 Å². The highest BCUT2D eigenvalue weighted by Crippen LogP contribution is 2.48. The van der Waals surface area contributed by atoms with Crippen molar-refractivity contribution in [1.82, 2.24) is 0 Å². The first-order valence-electron chi connectivity index (χ1n) is 10.2. The van der Waals surface area contributed by atoms with Gasteiger partial charge >= 0.3 is 0 Å². The number of hydrogen-bond donors (Lipinski definition) is 0. The summed E-state index contributed by atoms with van der Waals surface area (Å²) in [7, 11) is 0. The lowest BCUT2D eigenvalue weighted by molar-refractivity contribution is 0.592. The first-order chi connectivity index (χ1) is 16.0. The van der Waals surface area contributed by atoms with Crippen molar-refractivity contribution in [3.8, 4) is 44.9 Å². The Balaban J connectivity index is 1.92. The second-order valence-corrected chi connectivity index (χ2v) is 7.55. The fourth-order valence-corrected chi connectivity index (χ4v) is 3.94. The molecule has 5 heteroatoms. The van der Waals surface area contributed by atoms with Gasteiger partial charge in [0.2, 0.25) is 0 Å². The Morgan fingerprint density at radius 1 is 0.394 bits per heavy atom. The molecule has 162 valence electrons. The third-order valence-corrected chi connectivity index (χ3v) is 5.31. The standard InChI is InChI=1S/C28H16F4O/c29-21-9-1-5-17(13-21)25-26(18-6-2-10-22(30)14-18)28(20-8-4-12-24(32)16-20)33-27(25)19-7-3-11-23(31)15-19/h1-16H. The Kier molecular flexibility index (Phi) is 5.31. The highest BCUT2D eigenvalue weighted by Gasteiger charge is 2.26. The average molecular weight is 444 g/mol. The Morgan fingerprint density at radius 2 is 0.697 bits per heavy atom. The lowest BCUT2D eigenvalue weighted by Crippen LogP contribution is -1.88. The molecule has 0 aliphatic carbocycles. The average Bonchev–Trinajstić information content (AvgIpc) is 3.20. The number of hydrogen-bond acceptors (Lipinski definition) is 1. The van der Waals surface area contributed by atoms with Crippen molar-refractivity contribution in [2.24, 2.45) is 0 Å². The molecule has 0 spiro atoms. The lowest BCUT2D eigenvalue weighted by Gasteiger charge is -2.09. The molecule has 0 atom stereocenters. The summed E-state index contributed by atoms with van der Waals surface area (Å²) >= 11 is 0. The predicted octanol–water partition coefficient (Wildman–Crippen LogP) is 8.50.